The van der Waals surface area contributed by atoms with Gasteiger partial charge in [0.1, 0.15) is 0 Å². The Hall–Kier alpha value is -1.55. The van der Waals surface area contributed by atoms with Crippen molar-refractivity contribution < 1.29 is 0 Å². The zero-order valence-corrected chi connectivity index (χ0v) is 13.5. The van der Waals surface area contributed by atoms with Gasteiger partial charge in [-0.25, -0.2) is 0 Å². The third-order valence-corrected chi connectivity index (χ3v) is 3.83. The summed E-state index contributed by atoms with van der Waals surface area (Å²) in [6.45, 7) is 4.81. The summed E-state index contributed by atoms with van der Waals surface area (Å²) in [4.78, 5) is 6.99. The molecule has 0 spiro atoms. The number of nitrogens with zero attached hydrogens (tertiary/aromatic N) is 2. The van der Waals surface area contributed by atoms with E-state index in [0.29, 0.717) is 6.04 Å². The van der Waals surface area contributed by atoms with Crippen LogP contribution in [-0.2, 0) is 0 Å². The van der Waals surface area contributed by atoms with Crippen LogP contribution in [0.15, 0.2) is 35.3 Å². The van der Waals surface area contributed by atoms with Crippen molar-refractivity contribution >= 4 is 5.96 Å². The molecule has 0 bridgehead atoms. The van der Waals surface area contributed by atoms with E-state index in [-0.39, 0.29) is 0 Å². The van der Waals surface area contributed by atoms with E-state index in [9.17, 15) is 0 Å². The zero-order valence-electron chi connectivity index (χ0n) is 13.5. The second kappa shape index (κ2) is 8.03. The maximum atomic E-state index is 4.76. The normalized spacial score (nSPS) is 16.9. The summed E-state index contributed by atoms with van der Waals surface area (Å²) in [5.41, 5.74) is 1.31. The fraction of sp³-hybridized carbons (Fsp3) is 0.588. The van der Waals surface area contributed by atoms with Crippen molar-refractivity contribution in [3.63, 3.8) is 0 Å². The van der Waals surface area contributed by atoms with Crippen LogP contribution >= 0.6 is 0 Å². The summed E-state index contributed by atoms with van der Waals surface area (Å²) in [7, 11) is 4.22. The average Bonchev–Trinajstić information content (AvgIpc) is 3.30. The summed E-state index contributed by atoms with van der Waals surface area (Å²) in [6, 6.07) is 10.9. The molecule has 1 saturated carbocycles. The SMILES string of the molecule is CCNC(=NCC(c1ccccc1)N(C)C)NCC1CC1. The summed E-state index contributed by atoms with van der Waals surface area (Å²) in [6.07, 6.45) is 2.72. The van der Waals surface area contributed by atoms with E-state index in [1.165, 1.54) is 18.4 Å². The molecule has 0 aromatic heterocycles. The number of hydrogen-bond acceptors (Lipinski definition) is 2. The molecule has 2 rings (SSSR count). The molecule has 0 heterocycles. The van der Waals surface area contributed by atoms with Gasteiger partial charge in [0.25, 0.3) is 0 Å². The van der Waals surface area contributed by atoms with Gasteiger partial charge in [0.15, 0.2) is 5.96 Å². The Morgan fingerprint density at radius 2 is 1.95 bits per heavy atom. The lowest BCUT2D eigenvalue weighted by Crippen LogP contribution is -2.39. The quantitative estimate of drug-likeness (QED) is 0.597. The highest BCUT2D eigenvalue weighted by Gasteiger charge is 2.21. The van der Waals surface area contributed by atoms with E-state index in [1.54, 1.807) is 0 Å². The van der Waals surface area contributed by atoms with Crippen LogP contribution < -0.4 is 10.6 Å². The van der Waals surface area contributed by atoms with Crippen LogP contribution in [0, 0.1) is 5.92 Å². The molecule has 0 amide bonds. The van der Waals surface area contributed by atoms with Crippen LogP contribution in [0.4, 0.5) is 0 Å². The smallest absolute Gasteiger partial charge is 0.191 e. The van der Waals surface area contributed by atoms with E-state index in [2.05, 4.69) is 66.9 Å². The monoisotopic (exact) mass is 288 g/mol. The standard InChI is InChI=1S/C17H28N4/c1-4-18-17(19-12-14-10-11-14)20-13-16(21(2)3)15-8-6-5-7-9-15/h5-9,14,16H,4,10-13H2,1-3H3,(H2,18,19,20). The summed E-state index contributed by atoms with van der Waals surface area (Å²) >= 11 is 0. The fourth-order valence-electron chi connectivity index (χ4n) is 2.32. The van der Waals surface area contributed by atoms with Gasteiger partial charge in [0, 0.05) is 13.1 Å². The van der Waals surface area contributed by atoms with Crippen LogP contribution in [0.2, 0.25) is 0 Å². The van der Waals surface area contributed by atoms with Crippen LogP contribution in [0.3, 0.4) is 0 Å². The van der Waals surface area contributed by atoms with Gasteiger partial charge >= 0.3 is 0 Å². The predicted octanol–water partition coefficient (Wildman–Crippen LogP) is 2.25. The molecule has 116 valence electrons. The highest BCUT2D eigenvalue weighted by atomic mass is 15.2. The third kappa shape index (κ3) is 5.38. The summed E-state index contributed by atoms with van der Waals surface area (Å²) in [5.74, 6) is 1.79. The largest absolute Gasteiger partial charge is 0.357 e. The number of rotatable bonds is 7. The molecule has 21 heavy (non-hydrogen) atoms. The number of hydrogen-bond donors (Lipinski definition) is 2. The van der Waals surface area contributed by atoms with E-state index >= 15 is 0 Å². The minimum absolute atomic E-state index is 0.308. The Kier molecular flexibility index (Phi) is 6.05. The number of aliphatic imine (C=N–C) groups is 1. The molecule has 1 aliphatic carbocycles. The predicted molar refractivity (Wildman–Crippen MR) is 89.6 cm³/mol. The molecule has 4 nitrogen and oxygen atoms in total. The Bertz CT molecular complexity index is 437. The third-order valence-electron chi connectivity index (χ3n) is 3.83. The highest BCUT2D eigenvalue weighted by molar-refractivity contribution is 5.79. The summed E-state index contributed by atoms with van der Waals surface area (Å²) in [5, 5.41) is 6.78. The molecule has 0 aliphatic heterocycles. The topological polar surface area (TPSA) is 39.7 Å². The van der Waals surface area contributed by atoms with E-state index < -0.39 is 0 Å². The lowest BCUT2D eigenvalue weighted by Gasteiger charge is -2.23. The molecule has 0 saturated heterocycles. The molecule has 1 aromatic carbocycles. The van der Waals surface area contributed by atoms with E-state index in [4.69, 9.17) is 4.99 Å². The van der Waals surface area contributed by atoms with Crippen molar-refractivity contribution in [3.8, 4) is 0 Å². The van der Waals surface area contributed by atoms with Crippen LogP contribution in [0.5, 0.6) is 0 Å². The lowest BCUT2D eigenvalue weighted by atomic mass is 10.1. The Labute approximate surface area is 128 Å². The van der Waals surface area contributed by atoms with Gasteiger partial charge in [-0.05, 0) is 45.3 Å². The van der Waals surface area contributed by atoms with Crippen molar-refractivity contribution in [2.75, 3.05) is 33.7 Å². The first-order valence-electron chi connectivity index (χ1n) is 7.94. The van der Waals surface area contributed by atoms with E-state index in [0.717, 1.165) is 31.5 Å². The van der Waals surface area contributed by atoms with Crippen LogP contribution in [-0.4, -0.2) is 44.6 Å². The van der Waals surface area contributed by atoms with Gasteiger partial charge in [-0.2, -0.15) is 0 Å². The lowest BCUT2D eigenvalue weighted by molar-refractivity contribution is 0.306. The number of benzene rings is 1. The van der Waals surface area contributed by atoms with Crippen molar-refractivity contribution in [2.45, 2.75) is 25.8 Å². The van der Waals surface area contributed by atoms with Crippen LogP contribution in [0.25, 0.3) is 0 Å². The molecule has 1 aromatic rings. The van der Waals surface area contributed by atoms with Gasteiger partial charge in [-0.3, -0.25) is 4.99 Å². The average molecular weight is 288 g/mol. The van der Waals surface area contributed by atoms with Gasteiger partial charge in [0.2, 0.25) is 0 Å². The maximum Gasteiger partial charge on any atom is 0.191 e. The molecular formula is C17H28N4. The first-order valence-corrected chi connectivity index (χ1v) is 7.94. The van der Waals surface area contributed by atoms with Crippen LogP contribution in [0.1, 0.15) is 31.4 Å². The molecule has 0 radical (unpaired) electrons. The van der Waals surface area contributed by atoms with Crippen molar-refractivity contribution in [1.29, 1.82) is 0 Å². The Morgan fingerprint density at radius 3 is 2.52 bits per heavy atom. The molecular weight excluding hydrogens is 260 g/mol. The first-order chi connectivity index (χ1) is 10.2. The van der Waals surface area contributed by atoms with Gasteiger partial charge < -0.3 is 15.5 Å². The van der Waals surface area contributed by atoms with Crippen molar-refractivity contribution in [3.05, 3.63) is 35.9 Å². The Balaban J connectivity index is 1.97. The van der Waals surface area contributed by atoms with Gasteiger partial charge in [0.05, 0.1) is 12.6 Å². The molecule has 2 N–H and O–H groups in total. The molecule has 4 heteroatoms. The van der Waals surface area contributed by atoms with Gasteiger partial charge in [-0.1, -0.05) is 30.3 Å². The number of guanidine groups is 1. The van der Waals surface area contributed by atoms with Crippen molar-refractivity contribution in [1.82, 2.24) is 15.5 Å². The highest BCUT2D eigenvalue weighted by Crippen LogP contribution is 2.27. The molecule has 1 fully saturated rings. The fourth-order valence-corrected chi connectivity index (χ4v) is 2.32. The molecule has 1 aliphatic rings. The van der Waals surface area contributed by atoms with Crippen molar-refractivity contribution in [2.24, 2.45) is 10.9 Å². The Morgan fingerprint density at radius 1 is 1.24 bits per heavy atom. The summed E-state index contributed by atoms with van der Waals surface area (Å²) < 4.78 is 0. The number of likely N-dealkylation sites (N-methyl/N-ethyl adjacent to an activating group) is 1. The van der Waals surface area contributed by atoms with E-state index in [1.807, 2.05) is 0 Å². The number of nitrogens with one attached hydrogen (secondary N) is 2. The minimum atomic E-state index is 0.308. The second-order valence-electron chi connectivity index (χ2n) is 5.93. The minimum Gasteiger partial charge on any atom is -0.357 e. The second-order valence-corrected chi connectivity index (χ2v) is 5.93. The van der Waals surface area contributed by atoms with Gasteiger partial charge in [-0.15, -0.1) is 0 Å². The first kappa shape index (κ1) is 15.8. The zero-order chi connectivity index (χ0) is 15.1. The molecule has 1 unspecified atom stereocenters. The maximum absolute atomic E-state index is 4.76. The molecule has 1 atom stereocenters.